The predicted molar refractivity (Wildman–Crippen MR) is 105 cm³/mol. The molecule has 2 atom stereocenters. The monoisotopic (exact) mass is 393 g/mol. The van der Waals surface area contributed by atoms with Crippen molar-refractivity contribution in [2.24, 2.45) is 7.05 Å². The van der Waals surface area contributed by atoms with E-state index in [4.69, 9.17) is 0 Å². The number of hydrogen-bond donors (Lipinski definition) is 1. The van der Waals surface area contributed by atoms with Crippen LogP contribution in [0.4, 0.5) is 5.69 Å². The van der Waals surface area contributed by atoms with E-state index in [0.717, 1.165) is 23.2 Å². The molecule has 1 N–H and O–H groups in total. The number of aryl methyl sites for hydroxylation is 1. The first-order chi connectivity index (χ1) is 14.0. The molecule has 0 aliphatic carbocycles. The molecule has 2 aromatic rings. The summed E-state index contributed by atoms with van der Waals surface area (Å²) < 4.78 is 1.69. The van der Waals surface area contributed by atoms with E-state index in [1.165, 1.54) is 0 Å². The van der Waals surface area contributed by atoms with Gasteiger partial charge in [-0.25, -0.2) is 0 Å². The third-order valence-electron chi connectivity index (χ3n) is 6.45. The molecule has 3 amide bonds. The zero-order chi connectivity index (χ0) is 20.2. The Morgan fingerprint density at radius 3 is 2.83 bits per heavy atom. The van der Waals surface area contributed by atoms with Crippen molar-refractivity contribution in [2.75, 3.05) is 25.0 Å². The lowest BCUT2D eigenvalue weighted by atomic mass is 9.73. The Balaban J connectivity index is 1.56. The smallest absolute Gasteiger partial charge is 0.242 e. The summed E-state index contributed by atoms with van der Waals surface area (Å²) in [6.07, 6.45) is 5.42. The van der Waals surface area contributed by atoms with E-state index in [-0.39, 0.29) is 24.3 Å². The Morgan fingerprint density at radius 2 is 2.10 bits per heavy atom. The van der Waals surface area contributed by atoms with Gasteiger partial charge in [0, 0.05) is 44.0 Å². The summed E-state index contributed by atoms with van der Waals surface area (Å²) in [5, 5.41) is 7.30. The third kappa shape index (κ3) is 2.58. The maximum atomic E-state index is 13.3. The molecule has 8 heteroatoms. The number of carbonyl (C=O) groups excluding carboxylic acids is 3. The molecule has 3 aliphatic heterocycles. The minimum atomic E-state index is -0.843. The first-order valence-corrected chi connectivity index (χ1v) is 9.97. The van der Waals surface area contributed by atoms with Crippen LogP contribution in [0.3, 0.4) is 0 Å². The van der Waals surface area contributed by atoms with Crippen LogP contribution in [-0.4, -0.2) is 56.9 Å². The molecule has 0 bridgehead atoms. The Bertz CT molecular complexity index is 1020. The molecule has 1 spiro atoms. The Hall–Kier alpha value is -3.16. The molecule has 3 aliphatic rings. The second kappa shape index (κ2) is 6.43. The van der Waals surface area contributed by atoms with Crippen molar-refractivity contribution in [3.05, 3.63) is 47.8 Å². The van der Waals surface area contributed by atoms with Crippen molar-refractivity contribution in [1.82, 2.24) is 19.6 Å². The molecule has 150 valence electrons. The maximum Gasteiger partial charge on any atom is 0.242 e. The number of carbonyl (C=O) groups is 3. The minimum Gasteiger partial charge on any atom is -0.333 e. The molecule has 4 heterocycles. The standard InChI is InChI=1S/C21H23N5O3/c1-24-12-14(11-22-24)19-21(15-5-2-3-6-16(15)23-20(21)29)8-10-26(19)18(28)13-25-9-4-7-17(25)27/h2-3,5-6,11-12,19H,4,7-10,13H2,1H3,(H,23,29)/t19-,21+/m0/s1. The lowest BCUT2D eigenvalue weighted by molar-refractivity contribution is -0.139. The lowest BCUT2D eigenvalue weighted by Crippen LogP contribution is -2.45. The number of para-hydroxylation sites is 1. The van der Waals surface area contributed by atoms with Gasteiger partial charge in [0.1, 0.15) is 5.41 Å². The van der Waals surface area contributed by atoms with Crippen LogP contribution >= 0.6 is 0 Å². The van der Waals surface area contributed by atoms with Gasteiger partial charge in [0.2, 0.25) is 17.7 Å². The zero-order valence-corrected chi connectivity index (χ0v) is 16.3. The van der Waals surface area contributed by atoms with Gasteiger partial charge in [-0.05, 0) is 24.5 Å². The van der Waals surface area contributed by atoms with Crippen molar-refractivity contribution in [3.8, 4) is 0 Å². The van der Waals surface area contributed by atoms with Gasteiger partial charge in [-0.3, -0.25) is 19.1 Å². The van der Waals surface area contributed by atoms with E-state index in [9.17, 15) is 14.4 Å². The topological polar surface area (TPSA) is 87.5 Å². The number of nitrogens with zero attached hydrogens (tertiary/aromatic N) is 4. The van der Waals surface area contributed by atoms with Crippen LogP contribution in [0.5, 0.6) is 0 Å². The average Bonchev–Trinajstić information content (AvgIpc) is 3.45. The number of hydrogen-bond acceptors (Lipinski definition) is 4. The lowest BCUT2D eigenvalue weighted by Gasteiger charge is -2.34. The van der Waals surface area contributed by atoms with Gasteiger partial charge >= 0.3 is 0 Å². The highest BCUT2D eigenvalue weighted by atomic mass is 16.2. The SMILES string of the molecule is Cn1cc([C@@H]2N(C(=O)CN3CCCC3=O)CC[C@]23C(=O)Nc2ccccc23)cn1. The molecule has 0 radical (unpaired) electrons. The molecule has 0 unspecified atom stereocenters. The van der Waals surface area contributed by atoms with Gasteiger partial charge in [0.15, 0.2) is 0 Å². The fourth-order valence-corrected chi connectivity index (χ4v) is 5.13. The summed E-state index contributed by atoms with van der Waals surface area (Å²) in [5.74, 6) is -0.183. The average molecular weight is 393 g/mol. The van der Waals surface area contributed by atoms with Crippen LogP contribution in [0.2, 0.25) is 0 Å². The fraction of sp³-hybridized carbons (Fsp3) is 0.429. The van der Waals surface area contributed by atoms with Crippen LogP contribution in [0, 0.1) is 0 Å². The van der Waals surface area contributed by atoms with Gasteiger partial charge < -0.3 is 15.1 Å². The Kier molecular flexibility index (Phi) is 3.97. The normalized spacial score (nSPS) is 25.8. The quantitative estimate of drug-likeness (QED) is 0.849. The predicted octanol–water partition coefficient (Wildman–Crippen LogP) is 1.21. The molecule has 2 fully saturated rings. The molecule has 1 aromatic carbocycles. The molecular formula is C21H23N5O3. The van der Waals surface area contributed by atoms with Crippen molar-refractivity contribution in [2.45, 2.75) is 30.7 Å². The van der Waals surface area contributed by atoms with E-state index in [0.29, 0.717) is 25.9 Å². The number of aromatic nitrogens is 2. The molecular weight excluding hydrogens is 370 g/mol. The van der Waals surface area contributed by atoms with Gasteiger partial charge in [0.05, 0.1) is 18.8 Å². The summed E-state index contributed by atoms with van der Waals surface area (Å²) in [5.41, 5.74) is 1.71. The number of benzene rings is 1. The Morgan fingerprint density at radius 1 is 1.28 bits per heavy atom. The third-order valence-corrected chi connectivity index (χ3v) is 6.45. The molecule has 5 rings (SSSR count). The number of likely N-dealkylation sites (tertiary alicyclic amines) is 2. The van der Waals surface area contributed by atoms with Crippen LogP contribution < -0.4 is 5.32 Å². The van der Waals surface area contributed by atoms with Crippen LogP contribution in [0.15, 0.2) is 36.7 Å². The van der Waals surface area contributed by atoms with E-state index >= 15 is 0 Å². The van der Waals surface area contributed by atoms with E-state index < -0.39 is 11.5 Å². The van der Waals surface area contributed by atoms with Gasteiger partial charge in [-0.1, -0.05) is 18.2 Å². The van der Waals surface area contributed by atoms with Crippen LogP contribution in [-0.2, 0) is 26.8 Å². The van der Waals surface area contributed by atoms with Crippen molar-refractivity contribution < 1.29 is 14.4 Å². The second-order valence-electron chi connectivity index (χ2n) is 8.08. The van der Waals surface area contributed by atoms with E-state index in [2.05, 4.69) is 10.4 Å². The number of rotatable bonds is 3. The highest BCUT2D eigenvalue weighted by Gasteiger charge is 2.59. The van der Waals surface area contributed by atoms with E-state index in [1.54, 1.807) is 20.7 Å². The molecule has 29 heavy (non-hydrogen) atoms. The number of nitrogens with one attached hydrogen (secondary N) is 1. The summed E-state index contributed by atoms with van der Waals surface area (Å²) in [7, 11) is 1.82. The summed E-state index contributed by atoms with van der Waals surface area (Å²) in [4.78, 5) is 42.0. The fourth-order valence-electron chi connectivity index (χ4n) is 5.13. The number of amides is 3. The first kappa shape index (κ1) is 17.9. The first-order valence-electron chi connectivity index (χ1n) is 9.97. The van der Waals surface area contributed by atoms with Crippen LogP contribution in [0.1, 0.15) is 36.4 Å². The highest BCUT2D eigenvalue weighted by Crippen LogP contribution is 2.54. The van der Waals surface area contributed by atoms with Crippen molar-refractivity contribution >= 4 is 23.4 Å². The molecule has 0 saturated carbocycles. The van der Waals surface area contributed by atoms with Gasteiger partial charge in [0.25, 0.3) is 0 Å². The largest absolute Gasteiger partial charge is 0.333 e. The van der Waals surface area contributed by atoms with Crippen LogP contribution in [0.25, 0.3) is 0 Å². The van der Waals surface area contributed by atoms with Gasteiger partial charge in [-0.15, -0.1) is 0 Å². The summed E-state index contributed by atoms with van der Waals surface area (Å²) in [6.45, 7) is 1.14. The minimum absolute atomic E-state index is 0.0224. The summed E-state index contributed by atoms with van der Waals surface area (Å²) >= 11 is 0. The number of fused-ring (bicyclic) bond motifs is 2. The van der Waals surface area contributed by atoms with Crippen molar-refractivity contribution in [1.29, 1.82) is 0 Å². The maximum absolute atomic E-state index is 13.3. The second-order valence-corrected chi connectivity index (χ2v) is 8.08. The zero-order valence-electron chi connectivity index (χ0n) is 16.3. The van der Waals surface area contributed by atoms with Crippen molar-refractivity contribution in [3.63, 3.8) is 0 Å². The molecule has 8 nitrogen and oxygen atoms in total. The number of anilines is 1. The van der Waals surface area contributed by atoms with E-state index in [1.807, 2.05) is 37.5 Å². The summed E-state index contributed by atoms with van der Waals surface area (Å²) in [6, 6.07) is 7.23. The highest BCUT2D eigenvalue weighted by molar-refractivity contribution is 6.07. The Labute approximate surface area is 168 Å². The molecule has 1 aromatic heterocycles. The van der Waals surface area contributed by atoms with Gasteiger partial charge in [-0.2, -0.15) is 5.10 Å². The molecule has 2 saturated heterocycles.